The van der Waals surface area contributed by atoms with Gasteiger partial charge < -0.3 is 66.5 Å². The number of hydrogen-bond acceptors (Lipinski definition) is 21. The fourth-order valence-corrected chi connectivity index (χ4v) is 10.9. The topological polar surface area (TPSA) is 229 Å². The highest BCUT2D eigenvalue weighted by atomic mass is 16.7. The SMILES string of the molecule is CCC(=O)OC1C(C)OC(OC2C(C)OC(O[C@@H]3C(OC)[C@H](OC(=O)CC)CC(=O)O[C@H](C)CCN(CCCc4ccccc4)C[C@H](OC(C)=O)[C@H](C)C[C@@H]3CC(OC)OC)C(OC(C)=O)C2N(C)C)CC1(C)OC(C)=O. The molecule has 1 aromatic rings. The zero-order chi connectivity index (χ0) is 57.1. The van der Waals surface area contributed by atoms with Crippen molar-refractivity contribution in [3.8, 4) is 0 Å². The maximum atomic E-state index is 14.1. The van der Waals surface area contributed by atoms with Crippen LogP contribution in [0, 0.1) is 11.8 Å². The van der Waals surface area contributed by atoms with E-state index < -0.39 is 140 Å². The Morgan fingerprint density at radius 1 is 0.779 bits per heavy atom. The Labute approximate surface area is 456 Å². The molecule has 21 nitrogen and oxygen atoms in total. The number of rotatable bonds is 21. The van der Waals surface area contributed by atoms with E-state index in [0.717, 1.165) is 12.8 Å². The zero-order valence-electron chi connectivity index (χ0n) is 48.3. The van der Waals surface area contributed by atoms with Crippen molar-refractivity contribution in [1.29, 1.82) is 0 Å². The average molecular weight is 1100 g/mol. The lowest BCUT2D eigenvalue weighted by molar-refractivity contribution is -0.346. The monoisotopic (exact) mass is 1090 g/mol. The second kappa shape index (κ2) is 31.5. The van der Waals surface area contributed by atoms with Crippen LogP contribution < -0.4 is 0 Å². The molecule has 3 saturated heterocycles. The van der Waals surface area contributed by atoms with Crippen molar-refractivity contribution in [3.05, 3.63) is 35.9 Å². The van der Waals surface area contributed by atoms with Crippen molar-refractivity contribution in [2.24, 2.45) is 11.8 Å². The van der Waals surface area contributed by atoms with Gasteiger partial charge in [-0.3, -0.25) is 33.7 Å². The van der Waals surface area contributed by atoms with Gasteiger partial charge in [0.15, 0.2) is 36.7 Å². The fourth-order valence-electron chi connectivity index (χ4n) is 10.9. The van der Waals surface area contributed by atoms with E-state index in [0.29, 0.717) is 26.1 Å². The summed E-state index contributed by atoms with van der Waals surface area (Å²) in [7, 11) is 7.97. The van der Waals surface area contributed by atoms with Gasteiger partial charge >= 0.3 is 35.8 Å². The molecule has 4 rings (SSSR count). The van der Waals surface area contributed by atoms with E-state index >= 15 is 0 Å². The molecule has 3 fully saturated rings. The van der Waals surface area contributed by atoms with Crippen LogP contribution in [0.15, 0.2) is 30.3 Å². The lowest BCUT2D eigenvalue weighted by atomic mass is 9.81. The minimum Gasteiger partial charge on any atom is -0.463 e. The molecule has 21 heteroatoms. The highest BCUT2D eigenvalue weighted by Crippen LogP contribution is 2.40. The summed E-state index contributed by atoms with van der Waals surface area (Å²) in [5.41, 5.74) is -0.170. The lowest BCUT2D eigenvalue weighted by Gasteiger charge is -2.51. The minimum atomic E-state index is -1.39. The first-order valence-corrected chi connectivity index (χ1v) is 27.2. The van der Waals surface area contributed by atoms with E-state index in [1.807, 2.05) is 30.0 Å². The third-order valence-corrected chi connectivity index (χ3v) is 14.6. The molecule has 0 amide bonds. The third-order valence-electron chi connectivity index (χ3n) is 14.6. The Morgan fingerprint density at radius 3 is 2.01 bits per heavy atom. The van der Waals surface area contributed by atoms with Crippen LogP contribution >= 0.6 is 0 Å². The summed E-state index contributed by atoms with van der Waals surface area (Å²) in [6.07, 6.45) is -10.8. The average Bonchev–Trinajstić information content (AvgIpc) is 3.35. The number of ether oxygens (including phenoxy) is 13. The first-order chi connectivity index (χ1) is 36.4. The molecule has 0 aliphatic carbocycles. The van der Waals surface area contributed by atoms with Crippen LogP contribution in [0.5, 0.6) is 0 Å². The summed E-state index contributed by atoms with van der Waals surface area (Å²) in [5.74, 6) is -4.54. The van der Waals surface area contributed by atoms with Crippen LogP contribution in [0.25, 0.3) is 0 Å². The summed E-state index contributed by atoms with van der Waals surface area (Å²) < 4.78 is 81.3. The first-order valence-electron chi connectivity index (χ1n) is 27.2. The summed E-state index contributed by atoms with van der Waals surface area (Å²) in [6.45, 7) is 17.6. The van der Waals surface area contributed by atoms with Gasteiger partial charge in [0.1, 0.15) is 30.5 Å². The van der Waals surface area contributed by atoms with Crippen LogP contribution in [0.4, 0.5) is 0 Å². The second-order valence-corrected chi connectivity index (χ2v) is 21.1. The summed E-state index contributed by atoms with van der Waals surface area (Å²) in [5, 5.41) is 0. The molecule has 0 saturated carbocycles. The maximum absolute atomic E-state index is 14.1. The van der Waals surface area contributed by atoms with Crippen LogP contribution in [-0.2, 0) is 96.8 Å². The van der Waals surface area contributed by atoms with Gasteiger partial charge in [0.2, 0.25) is 0 Å². The molecule has 77 heavy (non-hydrogen) atoms. The van der Waals surface area contributed by atoms with Crippen molar-refractivity contribution in [3.63, 3.8) is 0 Å². The minimum absolute atomic E-state index is 0.0261. The third kappa shape index (κ3) is 19.8. The molecule has 3 aliphatic rings. The van der Waals surface area contributed by atoms with Crippen LogP contribution in [0.3, 0.4) is 0 Å². The Bertz CT molecular complexity index is 2010. The molecular weight excluding hydrogens is 1000 g/mol. The Morgan fingerprint density at radius 2 is 1.43 bits per heavy atom. The van der Waals surface area contributed by atoms with Gasteiger partial charge in [0.05, 0.1) is 30.8 Å². The molecular formula is C56H90N2O19. The van der Waals surface area contributed by atoms with Gasteiger partial charge in [-0.15, -0.1) is 0 Å². The number of carbonyl (C=O) groups excluding carboxylic acids is 6. The van der Waals surface area contributed by atoms with Crippen LogP contribution in [-0.4, -0.2) is 192 Å². The number of likely N-dealkylation sites (N-methyl/N-ethyl adjacent to an activating group) is 1. The molecule has 3 aliphatic heterocycles. The standard InChI is InChI=1S/C56H90N2O19/c1-16-44(62)73-42-30-46(64)68-34(4)25-27-58(26-21-24-40-22-19-18-20-23-40)32-43(71-37(7)59)33(3)28-41(29-47(65-13)66-14)51(52(42)67-15)76-55-53(72-38(8)60)49(57(11)12)50(35(5)70-55)75-48-31-56(10,77-39(9)61)54(36(6)69-48)74-45(63)17-2/h18-20,22-23,33-36,41-43,47-55H,16-17,21,24-32H2,1-15H3/t33-,34-,35?,36?,41-,42-,43+,48?,49?,50?,51+,52?,53?,54?,55?,56?/m1/s1. The quantitative estimate of drug-likeness (QED) is 0.0814. The predicted molar refractivity (Wildman–Crippen MR) is 279 cm³/mol. The molecule has 0 bridgehead atoms. The van der Waals surface area contributed by atoms with Crippen molar-refractivity contribution in [2.45, 2.75) is 219 Å². The van der Waals surface area contributed by atoms with E-state index in [1.165, 1.54) is 47.7 Å². The van der Waals surface area contributed by atoms with Crippen molar-refractivity contribution in [2.75, 3.05) is 55.1 Å². The maximum Gasteiger partial charge on any atom is 0.309 e. The molecule has 438 valence electrons. The molecule has 3 heterocycles. The van der Waals surface area contributed by atoms with E-state index in [-0.39, 0.29) is 38.0 Å². The zero-order valence-corrected chi connectivity index (χ0v) is 48.3. The van der Waals surface area contributed by atoms with Gasteiger partial charge in [-0.05, 0) is 91.4 Å². The molecule has 0 radical (unpaired) electrons. The summed E-state index contributed by atoms with van der Waals surface area (Å²) >= 11 is 0. The molecule has 0 spiro atoms. The highest BCUT2D eigenvalue weighted by Gasteiger charge is 2.56. The molecule has 0 N–H and O–H groups in total. The highest BCUT2D eigenvalue weighted by molar-refractivity contribution is 5.73. The molecule has 10 unspecified atom stereocenters. The number of aryl methyl sites for hydroxylation is 1. The van der Waals surface area contributed by atoms with E-state index in [4.69, 9.17) is 61.6 Å². The van der Waals surface area contributed by atoms with Crippen LogP contribution in [0.1, 0.15) is 126 Å². The number of esters is 6. The number of methoxy groups -OCH3 is 3. The van der Waals surface area contributed by atoms with Crippen molar-refractivity contribution >= 4 is 35.8 Å². The van der Waals surface area contributed by atoms with Gasteiger partial charge in [-0.2, -0.15) is 0 Å². The van der Waals surface area contributed by atoms with E-state index in [1.54, 1.807) is 55.6 Å². The van der Waals surface area contributed by atoms with Gasteiger partial charge in [0.25, 0.3) is 0 Å². The number of carbonyl (C=O) groups is 6. The molecule has 1 aromatic carbocycles. The Kier molecular flexibility index (Phi) is 26.6. The van der Waals surface area contributed by atoms with Gasteiger partial charge in [-0.25, -0.2) is 0 Å². The number of benzene rings is 1. The smallest absolute Gasteiger partial charge is 0.309 e. The molecule has 0 aromatic heterocycles. The van der Waals surface area contributed by atoms with Crippen LogP contribution in [0.2, 0.25) is 0 Å². The summed E-state index contributed by atoms with van der Waals surface area (Å²) in [6, 6.07) is 9.35. The Hall–Kier alpha value is -4.32. The summed E-state index contributed by atoms with van der Waals surface area (Å²) in [4.78, 5) is 83.0. The lowest BCUT2D eigenvalue weighted by Crippen LogP contribution is -2.67. The first kappa shape index (κ1) is 65.2. The largest absolute Gasteiger partial charge is 0.463 e. The van der Waals surface area contributed by atoms with E-state index in [2.05, 4.69) is 17.0 Å². The normalized spacial score (nSPS) is 33.0. The number of cyclic esters (lactones) is 1. The Balaban J connectivity index is 1.86. The van der Waals surface area contributed by atoms with Crippen molar-refractivity contribution < 1.29 is 90.3 Å². The molecule has 16 atom stereocenters. The van der Waals surface area contributed by atoms with E-state index in [9.17, 15) is 28.8 Å². The second-order valence-electron chi connectivity index (χ2n) is 21.1. The predicted octanol–water partition coefficient (Wildman–Crippen LogP) is 5.72. The fraction of sp³-hybridized carbons (Fsp3) is 0.786. The number of nitrogens with zero attached hydrogens (tertiary/aromatic N) is 2. The van der Waals surface area contributed by atoms with Gasteiger partial charge in [0, 0.05) is 80.9 Å². The van der Waals surface area contributed by atoms with Crippen molar-refractivity contribution in [1.82, 2.24) is 9.80 Å². The number of hydrogen-bond donors (Lipinski definition) is 0. The van der Waals surface area contributed by atoms with Gasteiger partial charge in [-0.1, -0.05) is 51.1 Å².